The number of hydrogen-bond donors (Lipinski definition) is 0. The Morgan fingerprint density at radius 3 is 1.29 bits per heavy atom. The first-order chi connectivity index (χ1) is 38.6. The van der Waals surface area contributed by atoms with Gasteiger partial charge in [0.25, 0.3) is 6.71 Å². The molecule has 0 radical (unpaired) electrons. The summed E-state index contributed by atoms with van der Waals surface area (Å²) in [6.07, 6.45) is 0. The minimum atomic E-state index is -0.156. The molecule has 0 saturated heterocycles. The lowest BCUT2D eigenvalue weighted by atomic mass is 9.33. The fourth-order valence-electron chi connectivity index (χ4n) is 13.2. The van der Waals surface area contributed by atoms with Crippen molar-refractivity contribution in [1.82, 2.24) is 4.57 Å². The summed E-state index contributed by atoms with van der Waals surface area (Å²) >= 11 is 0. The minimum absolute atomic E-state index is 0.00168. The zero-order chi connectivity index (χ0) is 58.3. The third-order valence-corrected chi connectivity index (χ3v) is 17.8. The fourth-order valence-corrected chi connectivity index (χ4v) is 13.2. The van der Waals surface area contributed by atoms with Gasteiger partial charge < -0.3 is 19.3 Å². The molecule has 4 nitrogen and oxygen atoms in total. The summed E-state index contributed by atoms with van der Waals surface area (Å²) in [4.78, 5) is 7.88. The number of benzene rings is 9. The van der Waals surface area contributed by atoms with Gasteiger partial charge in [-0.1, -0.05) is 218 Å². The normalized spacial score (nSPS) is 13.7. The number of rotatable bonds is 6. The lowest BCUT2D eigenvalue weighted by molar-refractivity contribution is 0.590. The Morgan fingerprint density at radius 2 is 0.805 bits per heavy atom. The fraction of sp³-hybridized carbons (Fsp3) is 0.299. The molecule has 414 valence electrons. The van der Waals surface area contributed by atoms with Crippen LogP contribution in [0.4, 0.5) is 51.2 Å². The van der Waals surface area contributed by atoms with Gasteiger partial charge in [0.1, 0.15) is 0 Å². The van der Waals surface area contributed by atoms with Crippen LogP contribution in [0.5, 0.6) is 0 Å². The lowest BCUT2D eigenvalue weighted by Crippen LogP contribution is -2.61. The molecule has 0 fully saturated rings. The lowest BCUT2D eigenvalue weighted by Gasteiger charge is -2.46. The van der Waals surface area contributed by atoms with Crippen molar-refractivity contribution in [2.45, 2.75) is 145 Å². The summed E-state index contributed by atoms with van der Waals surface area (Å²) in [6.45, 7) is 39.2. The first kappa shape index (κ1) is 54.8. The summed E-state index contributed by atoms with van der Waals surface area (Å²) in [5.41, 5.74) is 27.9. The molecule has 0 unspecified atom stereocenters. The van der Waals surface area contributed by atoms with Gasteiger partial charge in [-0.05, 0) is 169 Å². The van der Waals surface area contributed by atoms with Gasteiger partial charge in [-0.15, -0.1) is 0 Å². The first-order valence-electron chi connectivity index (χ1n) is 29.8. The van der Waals surface area contributed by atoms with E-state index in [2.05, 4.69) is 320 Å². The second-order valence-corrected chi connectivity index (χ2v) is 29.1. The number of anilines is 9. The van der Waals surface area contributed by atoms with Crippen molar-refractivity contribution in [2.24, 2.45) is 7.05 Å². The molecule has 2 aliphatic rings. The van der Waals surface area contributed by atoms with Crippen LogP contribution in [0.2, 0.25) is 0 Å². The smallest absolute Gasteiger partial charge is 0.252 e. The summed E-state index contributed by atoms with van der Waals surface area (Å²) < 4.78 is 2.48. The standard InChI is InChI=1S/C77H83BN4/c1-48-41-49(2)43-50(42-48)51-44-67-69-68(45-51)82(60-38-29-55(30-39-60)76(12,13)14)71-64(78(69)63-46-56(77(15,16)17)31-40-66(63)81(67)59-36-27-54(28-37-59)75(9,10)11)47-62-61-21-19-20-22-65(61)79(18)70(62)72(71)80(57-32-23-52(24-33-57)73(3,4)5)58-34-25-53(26-35-58)74(6,7)8/h19-47H,1-18H3. The molecule has 10 aromatic rings. The SMILES string of the molecule is Cc1cc(C)cc(-c2cc3c4c(c2)N(c2ccc(C(C)(C)C)cc2)c2c(cc5c6ccccc6n(C)c5c2N(c2ccc(C(C)(C)C)cc2)c2ccc(C(C)(C)C)cc2)B4c2cc(C(C)(C)C)ccc2N3c2ccc(C(C)(C)C)cc2)c1. The number of hydrogen-bond acceptors (Lipinski definition) is 3. The van der Waals surface area contributed by atoms with Gasteiger partial charge in [0.05, 0.1) is 16.9 Å². The van der Waals surface area contributed by atoms with Crippen LogP contribution in [-0.4, -0.2) is 11.3 Å². The van der Waals surface area contributed by atoms with E-state index in [0.717, 1.165) is 28.4 Å². The Bertz CT molecular complexity index is 4050. The molecule has 0 saturated carbocycles. The summed E-state index contributed by atoms with van der Waals surface area (Å²) in [6, 6.07) is 69.0. The maximum Gasteiger partial charge on any atom is 0.252 e. The molecule has 0 N–H and O–H groups in total. The van der Waals surface area contributed by atoms with Gasteiger partial charge >= 0.3 is 0 Å². The predicted molar refractivity (Wildman–Crippen MR) is 358 cm³/mol. The van der Waals surface area contributed by atoms with Crippen molar-refractivity contribution in [2.75, 3.05) is 14.7 Å². The van der Waals surface area contributed by atoms with E-state index in [1.54, 1.807) is 0 Å². The minimum Gasteiger partial charge on any atom is -0.342 e. The monoisotopic (exact) mass is 1070 g/mol. The molecule has 0 bridgehead atoms. The van der Waals surface area contributed by atoms with Crippen LogP contribution in [0.1, 0.15) is 143 Å². The van der Waals surface area contributed by atoms with Crippen molar-refractivity contribution in [3.63, 3.8) is 0 Å². The van der Waals surface area contributed by atoms with Gasteiger partial charge in [0.2, 0.25) is 0 Å². The maximum atomic E-state index is 2.68. The second kappa shape index (κ2) is 19.2. The van der Waals surface area contributed by atoms with Crippen LogP contribution >= 0.6 is 0 Å². The van der Waals surface area contributed by atoms with Crippen LogP contribution in [0.15, 0.2) is 176 Å². The number of fused-ring (bicyclic) bond motifs is 7. The molecule has 5 heteroatoms. The van der Waals surface area contributed by atoms with Crippen molar-refractivity contribution >= 4 is 96.1 Å². The molecule has 0 spiro atoms. The van der Waals surface area contributed by atoms with Crippen molar-refractivity contribution < 1.29 is 0 Å². The summed E-state index contributed by atoms with van der Waals surface area (Å²) in [7, 11) is 2.29. The Labute approximate surface area is 490 Å². The molecular weight excluding hydrogens is 992 g/mol. The number of para-hydroxylation sites is 1. The van der Waals surface area contributed by atoms with Crippen LogP contribution < -0.4 is 31.1 Å². The van der Waals surface area contributed by atoms with Crippen LogP contribution in [0.3, 0.4) is 0 Å². The van der Waals surface area contributed by atoms with Gasteiger partial charge in [0.15, 0.2) is 0 Å². The molecule has 3 heterocycles. The average molecular weight is 1080 g/mol. The topological polar surface area (TPSA) is 14.7 Å². The Balaban J connectivity index is 1.30. The van der Waals surface area contributed by atoms with Crippen LogP contribution in [-0.2, 0) is 34.1 Å². The second-order valence-electron chi connectivity index (χ2n) is 29.1. The Hall–Kier alpha value is -7.76. The quantitative estimate of drug-likeness (QED) is 0.154. The zero-order valence-electron chi connectivity index (χ0n) is 52.1. The van der Waals surface area contributed by atoms with Gasteiger partial charge in [-0.25, -0.2) is 0 Å². The summed E-state index contributed by atoms with van der Waals surface area (Å²) in [5.74, 6) is 0. The molecule has 0 atom stereocenters. The highest BCUT2D eigenvalue weighted by atomic mass is 15.2. The molecule has 2 aliphatic heterocycles. The highest BCUT2D eigenvalue weighted by molar-refractivity contribution is 7.00. The molecule has 9 aromatic carbocycles. The first-order valence-corrected chi connectivity index (χ1v) is 29.8. The van der Waals surface area contributed by atoms with Crippen molar-refractivity contribution in [3.8, 4) is 11.1 Å². The van der Waals surface area contributed by atoms with E-state index in [4.69, 9.17) is 0 Å². The number of nitrogens with zero attached hydrogens (tertiary/aromatic N) is 4. The molecule has 82 heavy (non-hydrogen) atoms. The Morgan fingerprint density at radius 1 is 0.378 bits per heavy atom. The van der Waals surface area contributed by atoms with E-state index in [-0.39, 0.29) is 33.8 Å². The van der Waals surface area contributed by atoms with Crippen LogP contribution in [0.25, 0.3) is 32.9 Å². The van der Waals surface area contributed by atoms with Gasteiger partial charge in [0, 0.05) is 63.1 Å². The van der Waals surface area contributed by atoms with Crippen molar-refractivity contribution in [1.29, 1.82) is 0 Å². The molecular formula is C77H83BN4. The van der Waals surface area contributed by atoms with E-state index in [1.165, 1.54) is 111 Å². The largest absolute Gasteiger partial charge is 0.342 e. The molecule has 0 amide bonds. The van der Waals surface area contributed by atoms with E-state index >= 15 is 0 Å². The molecule has 12 rings (SSSR count). The predicted octanol–water partition coefficient (Wildman–Crippen LogP) is 19.7. The van der Waals surface area contributed by atoms with E-state index in [9.17, 15) is 0 Å². The number of aromatic nitrogens is 1. The van der Waals surface area contributed by atoms with Gasteiger partial charge in [-0.2, -0.15) is 0 Å². The number of aryl methyl sites for hydroxylation is 3. The third-order valence-electron chi connectivity index (χ3n) is 17.8. The Kier molecular flexibility index (Phi) is 12.8. The highest BCUT2D eigenvalue weighted by Gasteiger charge is 2.47. The zero-order valence-corrected chi connectivity index (χ0v) is 52.1. The molecule has 0 aliphatic carbocycles. The van der Waals surface area contributed by atoms with E-state index in [1.807, 2.05) is 0 Å². The van der Waals surface area contributed by atoms with Crippen molar-refractivity contribution in [3.05, 3.63) is 215 Å². The van der Waals surface area contributed by atoms with Crippen LogP contribution in [0, 0.1) is 13.8 Å². The van der Waals surface area contributed by atoms with E-state index in [0.29, 0.717) is 0 Å². The van der Waals surface area contributed by atoms with Gasteiger partial charge in [-0.3, -0.25) is 0 Å². The highest BCUT2D eigenvalue weighted by Crippen LogP contribution is 2.54. The van der Waals surface area contributed by atoms with E-state index < -0.39 is 0 Å². The third kappa shape index (κ3) is 9.33. The average Bonchev–Trinajstić information content (AvgIpc) is 1.06. The molecule has 1 aromatic heterocycles. The maximum absolute atomic E-state index is 2.68. The summed E-state index contributed by atoms with van der Waals surface area (Å²) in [5, 5.41) is 2.48.